The Hall–Kier alpha value is -3.52. The molecule has 178 valence electrons. The molecule has 0 aliphatic carbocycles. The van der Waals surface area contributed by atoms with Crippen molar-refractivity contribution in [3.8, 4) is 5.75 Å². The molecule has 3 amide bonds. The summed E-state index contributed by atoms with van der Waals surface area (Å²) < 4.78 is 5.31. The molecule has 0 fully saturated rings. The Morgan fingerprint density at radius 3 is 2.34 bits per heavy atom. The number of rotatable bonds is 6. The Balaban J connectivity index is 1.52. The molecular weight excluding hydrogens is 513 g/mol. The van der Waals surface area contributed by atoms with Crippen molar-refractivity contribution in [3.63, 3.8) is 0 Å². The van der Waals surface area contributed by atoms with Crippen LogP contribution in [0.5, 0.6) is 5.75 Å². The molecule has 0 spiro atoms. The van der Waals surface area contributed by atoms with Crippen molar-refractivity contribution < 1.29 is 19.1 Å². The van der Waals surface area contributed by atoms with Crippen molar-refractivity contribution in [3.05, 3.63) is 92.6 Å². The third-order valence-corrected chi connectivity index (χ3v) is 6.39. The highest BCUT2D eigenvalue weighted by atomic mass is 35.5. The van der Waals surface area contributed by atoms with Gasteiger partial charge in [-0.2, -0.15) is 0 Å². The molecule has 4 rings (SSSR count). The van der Waals surface area contributed by atoms with Gasteiger partial charge in [0, 0.05) is 11.3 Å². The van der Waals surface area contributed by atoms with Crippen LogP contribution in [0.2, 0.25) is 10.0 Å². The monoisotopic (exact) mass is 529 g/mol. The van der Waals surface area contributed by atoms with Gasteiger partial charge in [-0.25, -0.2) is 4.90 Å². The van der Waals surface area contributed by atoms with Crippen molar-refractivity contribution in [2.24, 2.45) is 0 Å². The molecule has 35 heavy (non-hydrogen) atoms. The van der Waals surface area contributed by atoms with Crippen LogP contribution in [-0.2, 0) is 9.59 Å². The number of ether oxygens (including phenoxy) is 1. The van der Waals surface area contributed by atoms with Gasteiger partial charge in [-0.1, -0.05) is 46.9 Å². The lowest BCUT2D eigenvalue weighted by Crippen LogP contribution is -2.32. The molecule has 3 aromatic carbocycles. The number of nitrogens with one attached hydrogen (secondary N) is 2. The summed E-state index contributed by atoms with van der Waals surface area (Å²) >= 11 is 18.3. The number of carbonyl (C=O) groups excluding carboxylic acids is 3. The number of methoxy groups -OCH3 is 1. The average molecular weight is 531 g/mol. The summed E-state index contributed by atoms with van der Waals surface area (Å²) in [6.45, 7) is 1.83. The number of imide groups is 1. The van der Waals surface area contributed by atoms with Gasteiger partial charge in [0.25, 0.3) is 17.7 Å². The van der Waals surface area contributed by atoms with Gasteiger partial charge in [-0.05, 0) is 61.0 Å². The number of aryl methyl sites for hydroxylation is 1. The van der Waals surface area contributed by atoms with Gasteiger partial charge in [0.1, 0.15) is 16.5 Å². The number of carbonyl (C=O) groups is 3. The Bertz CT molecular complexity index is 1390. The van der Waals surface area contributed by atoms with Gasteiger partial charge in [0.15, 0.2) is 0 Å². The predicted octanol–water partition coefficient (Wildman–Crippen LogP) is 6.00. The van der Waals surface area contributed by atoms with Gasteiger partial charge in [-0.15, -0.1) is 0 Å². The maximum absolute atomic E-state index is 13.1. The molecule has 3 aromatic rings. The van der Waals surface area contributed by atoms with Gasteiger partial charge < -0.3 is 15.4 Å². The van der Waals surface area contributed by atoms with Crippen molar-refractivity contribution >= 4 is 69.6 Å². The molecule has 0 radical (unpaired) electrons. The quantitative estimate of drug-likeness (QED) is 0.382. The van der Waals surface area contributed by atoms with E-state index in [0.717, 1.165) is 10.5 Å². The molecule has 10 heteroatoms. The number of hydrogen-bond acceptors (Lipinski definition) is 5. The summed E-state index contributed by atoms with van der Waals surface area (Å²) in [5.74, 6) is -1.33. The average Bonchev–Trinajstić information content (AvgIpc) is 3.05. The highest BCUT2D eigenvalue weighted by Crippen LogP contribution is 2.36. The van der Waals surface area contributed by atoms with Crippen LogP contribution in [0.4, 0.5) is 17.1 Å². The zero-order valence-corrected chi connectivity index (χ0v) is 20.8. The Labute approximate surface area is 216 Å². The molecule has 0 bridgehead atoms. The summed E-state index contributed by atoms with van der Waals surface area (Å²) in [7, 11) is 1.45. The fraction of sp³-hybridized carbons (Fsp3) is 0.0800. The first-order chi connectivity index (χ1) is 16.7. The number of hydrogen-bond donors (Lipinski definition) is 2. The minimum absolute atomic E-state index is 0.0804. The zero-order valence-electron chi connectivity index (χ0n) is 18.5. The zero-order chi connectivity index (χ0) is 25.3. The topological polar surface area (TPSA) is 87.7 Å². The second kappa shape index (κ2) is 10.00. The van der Waals surface area contributed by atoms with E-state index < -0.39 is 17.7 Å². The maximum atomic E-state index is 13.1. The first-order valence-electron chi connectivity index (χ1n) is 10.3. The fourth-order valence-corrected chi connectivity index (χ4v) is 4.01. The molecule has 0 saturated heterocycles. The van der Waals surface area contributed by atoms with E-state index in [1.807, 2.05) is 6.92 Å². The standard InChI is InChI=1S/C25H18Cl3N3O4/c1-13-6-11-19(35-2)18(12-13)31-24(33)21(28)22(25(31)34)29-15-9-7-14(8-10-15)23(32)30-17-5-3-4-16(26)20(17)27/h3-12,29H,1-2H3,(H,30,32). The second-order valence-corrected chi connectivity index (χ2v) is 8.73. The second-order valence-electron chi connectivity index (χ2n) is 7.57. The van der Waals surface area contributed by atoms with Crippen LogP contribution >= 0.6 is 34.8 Å². The van der Waals surface area contributed by atoms with E-state index in [-0.39, 0.29) is 15.8 Å². The van der Waals surface area contributed by atoms with Crippen LogP contribution in [0.25, 0.3) is 0 Å². The number of nitrogens with zero attached hydrogens (tertiary/aromatic N) is 1. The summed E-state index contributed by atoms with van der Waals surface area (Å²) in [6, 6.07) is 16.3. The fourth-order valence-electron chi connectivity index (χ4n) is 3.45. The van der Waals surface area contributed by atoms with E-state index in [4.69, 9.17) is 39.5 Å². The van der Waals surface area contributed by atoms with Crippen LogP contribution in [0.15, 0.2) is 71.4 Å². The van der Waals surface area contributed by atoms with Crippen LogP contribution in [0, 0.1) is 6.92 Å². The molecule has 1 aliphatic heterocycles. The first-order valence-corrected chi connectivity index (χ1v) is 11.4. The number of benzene rings is 3. The van der Waals surface area contributed by atoms with Gasteiger partial charge >= 0.3 is 0 Å². The lowest BCUT2D eigenvalue weighted by molar-refractivity contribution is -0.120. The van der Waals surface area contributed by atoms with Crippen molar-refractivity contribution in [2.75, 3.05) is 22.6 Å². The van der Waals surface area contributed by atoms with Crippen molar-refractivity contribution in [2.45, 2.75) is 6.92 Å². The Kier molecular flexibility index (Phi) is 7.03. The number of amides is 3. The number of anilines is 3. The van der Waals surface area contributed by atoms with Crippen LogP contribution in [-0.4, -0.2) is 24.8 Å². The predicted molar refractivity (Wildman–Crippen MR) is 138 cm³/mol. The molecule has 7 nitrogen and oxygen atoms in total. The van der Waals surface area contributed by atoms with Gasteiger partial charge in [0.2, 0.25) is 0 Å². The molecule has 0 unspecified atom stereocenters. The summed E-state index contributed by atoms with van der Waals surface area (Å²) in [4.78, 5) is 39.5. The lowest BCUT2D eigenvalue weighted by atomic mass is 10.1. The summed E-state index contributed by atoms with van der Waals surface area (Å²) in [5, 5.41) is 5.88. The summed E-state index contributed by atoms with van der Waals surface area (Å²) in [6.07, 6.45) is 0. The van der Waals surface area contributed by atoms with E-state index in [9.17, 15) is 14.4 Å². The minimum Gasteiger partial charge on any atom is -0.495 e. The minimum atomic E-state index is -0.669. The van der Waals surface area contributed by atoms with E-state index in [0.29, 0.717) is 33.4 Å². The third-order valence-electron chi connectivity index (χ3n) is 5.22. The summed E-state index contributed by atoms with van der Waals surface area (Å²) in [5.41, 5.74) is 2.23. The van der Waals surface area contributed by atoms with Gasteiger partial charge in [-0.3, -0.25) is 14.4 Å². The molecule has 0 aromatic heterocycles. The molecular formula is C25H18Cl3N3O4. The van der Waals surface area contributed by atoms with Crippen molar-refractivity contribution in [1.82, 2.24) is 0 Å². The van der Waals surface area contributed by atoms with E-state index in [1.54, 1.807) is 60.7 Å². The smallest absolute Gasteiger partial charge is 0.283 e. The van der Waals surface area contributed by atoms with Crippen LogP contribution < -0.4 is 20.3 Å². The molecule has 0 saturated carbocycles. The highest BCUT2D eigenvalue weighted by molar-refractivity contribution is 6.53. The molecule has 2 N–H and O–H groups in total. The third kappa shape index (κ3) is 4.84. The highest BCUT2D eigenvalue weighted by Gasteiger charge is 2.40. The molecule has 1 heterocycles. The van der Waals surface area contributed by atoms with Crippen LogP contribution in [0.3, 0.4) is 0 Å². The van der Waals surface area contributed by atoms with E-state index >= 15 is 0 Å². The van der Waals surface area contributed by atoms with E-state index in [2.05, 4.69) is 10.6 Å². The van der Waals surface area contributed by atoms with Gasteiger partial charge in [0.05, 0.1) is 28.5 Å². The van der Waals surface area contributed by atoms with Crippen LogP contribution in [0.1, 0.15) is 15.9 Å². The molecule has 1 aliphatic rings. The normalized spacial score (nSPS) is 13.3. The Morgan fingerprint density at radius 2 is 1.66 bits per heavy atom. The van der Waals surface area contributed by atoms with Crippen molar-refractivity contribution in [1.29, 1.82) is 0 Å². The largest absolute Gasteiger partial charge is 0.495 e. The SMILES string of the molecule is COc1ccc(C)cc1N1C(=O)C(Cl)=C(Nc2ccc(C(=O)Nc3cccc(Cl)c3Cl)cc2)C1=O. The molecule has 0 atom stereocenters. The lowest BCUT2D eigenvalue weighted by Gasteiger charge is -2.18. The first kappa shape index (κ1) is 24.6. The number of halogens is 3. The Morgan fingerprint density at radius 1 is 0.943 bits per heavy atom. The maximum Gasteiger partial charge on any atom is 0.283 e. The van der Waals surface area contributed by atoms with E-state index in [1.165, 1.54) is 7.11 Å².